The van der Waals surface area contributed by atoms with Gasteiger partial charge < -0.3 is 4.42 Å². The SMILES string of the molecule is Cc1ccc(C=NNC(=O)c2ccc(Cl)cc2Cl)o1. The molecule has 6 heteroatoms. The van der Waals surface area contributed by atoms with E-state index in [1.165, 1.54) is 18.3 Å². The lowest BCUT2D eigenvalue weighted by atomic mass is 10.2. The predicted molar refractivity (Wildman–Crippen MR) is 75.0 cm³/mol. The molecule has 0 spiro atoms. The first-order valence-electron chi connectivity index (χ1n) is 5.41. The van der Waals surface area contributed by atoms with Gasteiger partial charge in [0.05, 0.1) is 16.8 Å². The molecule has 0 atom stereocenters. The Morgan fingerprint density at radius 1 is 1.32 bits per heavy atom. The zero-order chi connectivity index (χ0) is 13.8. The summed E-state index contributed by atoms with van der Waals surface area (Å²) in [6, 6.07) is 8.17. The molecule has 0 aliphatic rings. The number of amides is 1. The number of nitrogens with zero attached hydrogens (tertiary/aromatic N) is 1. The number of benzene rings is 1. The lowest BCUT2D eigenvalue weighted by molar-refractivity contribution is 0.0955. The number of rotatable bonds is 3. The highest BCUT2D eigenvalue weighted by Crippen LogP contribution is 2.20. The Balaban J connectivity index is 2.03. The number of halogens is 2. The van der Waals surface area contributed by atoms with Crippen molar-refractivity contribution in [2.24, 2.45) is 5.10 Å². The predicted octanol–water partition coefficient (Wildman–Crippen LogP) is 3.66. The molecular formula is C13H10Cl2N2O2. The van der Waals surface area contributed by atoms with Crippen LogP contribution in [0.1, 0.15) is 21.9 Å². The Hall–Kier alpha value is -1.78. The Morgan fingerprint density at radius 3 is 2.74 bits per heavy atom. The van der Waals surface area contributed by atoms with Crippen LogP contribution < -0.4 is 5.43 Å². The maximum Gasteiger partial charge on any atom is 0.272 e. The van der Waals surface area contributed by atoms with Gasteiger partial charge in [0, 0.05) is 5.02 Å². The number of nitrogens with one attached hydrogen (secondary N) is 1. The van der Waals surface area contributed by atoms with Gasteiger partial charge in [0.2, 0.25) is 0 Å². The highest BCUT2D eigenvalue weighted by atomic mass is 35.5. The fourth-order valence-electron chi connectivity index (χ4n) is 1.41. The van der Waals surface area contributed by atoms with E-state index < -0.39 is 5.91 Å². The Labute approximate surface area is 120 Å². The molecule has 0 bridgehead atoms. The normalized spacial score (nSPS) is 10.9. The summed E-state index contributed by atoms with van der Waals surface area (Å²) in [7, 11) is 0. The molecule has 0 saturated heterocycles. The van der Waals surface area contributed by atoms with E-state index in [4.69, 9.17) is 27.6 Å². The first-order chi connectivity index (χ1) is 9.06. The van der Waals surface area contributed by atoms with Gasteiger partial charge in [-0.1, -0.05) is 23.2 Å². The van der Waals surface area contributed by atoms with Crippen molar-refractivity contribution in [1.29, 1.82) is 0 Å². The first kappa shape index (κ1) is 13.6. The van der Waals surface area contributed by atoms with Crippen LogP contribution in [0, 0.1) is 6.92 Å². The Kier molecular flexibility index (Phi) is 4.24. The van der Waals surface area contributed by atoms with E-state index in [2.05, 4.69) is 10.5 Å². The van der Waals surface area contributed by atoms with E-state index in [1.807, 2.05) is 6.92 Å². The third kappa shape index (κ3) is 3.59. The van der Waals surface area contributed by atoms with Crippen molar-refractivity contribution in [2.45, 2.75) is 6.92 Å². The summed E-state index contributed by atoms with van der Waals surface area (Å²) < 4.78 is 5.27. The monoisotopic (exact) mass is 296 g/mol. The fourth-order valence-corrected chi connectivity index (χ4v) is 1.91. The van der Waals surface area contributed by atoms with Gasteiger partial charge in [-0.15, -0.1) is 0 Å². The molecule has 0 aliphatic heterocycles. The number of carbonyl (C=O) groups excluding carboxylic acids is 1. The summed E-state index contributed by atoms with van der Waals surface area (Å²) in [5.41, 5.74) is 2.66. The molecule has 98 valence electrons. The Bertz CT molecular complexity index is 635. The molecule has 19 heavy (non-hydrogen) atoms. The van der Waals surface area contributed by atoms with E-state index in [0.29, 0.717) is 16.3 Å². The van der Waals surface area contributed by atoms with Gasteiger partial charge in [-0.3, -0.25) is 4.79 Å². The van der Waals surface area contributed by atoms with E-state index in [0.717, 1.165) is 5.76 Å². The smallest absolute Gasteiger partial charge is 0.272 e. The average molecular weight is 297 g/mol. The third-order valence-corrected chi connectivity index (χ3v) is 2.84. The molecule has 0 unspecified atom stereocenters. The molecule has 1 aromatic carbocycles. The summed E-state index contributed by atoms with van der Waals surface area (Å²) in [4.78, 5) is 11.8. The van der Waals surface area contributed by atoms with E-state index >= 15 is 0 Å². The quantitative estimate of drug-likeness (QED) is 0.694. The Morgan fingerprint density at radius 2 is 2.11 bits per heavy atom. The van der Waals surface area contributed by atoms with Crippen LogP contribution in [0.5, 0.6) is 0 Å². The van der Waals surface area contributed by atoms with Gasteiger partial charge in [0.1, 0.15) is 11.5 Å². The van der Waals surface area contributed by atoms with Gasteiger partial charge in [0.25, 0.3) is 5.91 Å². The lowest BCUT2D eigenvalue weighted by Crippen LogP contribution is -2.17. The summed E-state index contributed by atoms with van der Waals surface area (Å²) in [5, 5.41) is 4.53. The number of hydrogen-bond acceptors (Lipinski definition) is 3. The maximum atomic E-state index is 11.8. The molecule has 0 radical (unpaired) electrons. The van der Waals surface area contributed by atoms with Crippen LogP contribution >= 0.6 is 23.2 Å². The fraction of sp³-hybridized carbons (Fsp3) is 0.0769. The molecule has 1 N–H and O–H groups in total. The van der Waals surface area contributed by atoms with Crippen LogP contribution in [0.3, 0.4) is 0 Å². The standard InChI is InChI=1S/C13H10Cl2N2O2/c1-8-2-4-10(19-8)7-16-17-13(18)11-5-3-9(14)6-12(11)15/h2-7H,1H3,(H,17,18). The average Bonchev–Trinajstić information content (AvgIpc) is 2.75. The van der Waals surface area contributed by atoms with E-state index in [1.54, 1.807) is 18.2 Å². The number of furan rings is 1. The third-order valence-electron chi connectivity index (χ3n) is 2.29. The molecule has 1 aromatic heterocycles. The van der Waals surface area contributed by atoms with Crippen LogP contribution in [-0.2, 0) is 0 Å². The van der Waals surface area contributed by atoms with Crippen LogP contribution in [0.2, 0.25) is 10.0 Å². The van der Waals surface area contributed by atoms with Crippen molar-refractivity contribution in [1.82, 2.24) is 5.43 Å². The van der Waals surface area contributed by atoms with Gasteiger partial charge >= 0.3 is 0 Å². The zero-order valence-electron chi connectivity index (χ0n) is 9.98. The second kappa shape index (κ2) is 5.91. The summed E-state index contributed by atoms with van der Waals surface area (Å²) in [6.07, 6.45) is 1.41. The molecule has 0 aliphatic carbocycles. The second-order valence-corrected chi connectivity index (χ2v) is 4.62. The van der Waals surface area contributed by atoms with Crippen molar-refractivity contribution in [3.8, 4) is 0 Å². The minimum atomic E-state index is -0.416. The van der Waals surface area contributed by atoms with Crippen LogP contribution in [0.4, 0.5) is 0 Å². The number of hydrogen-bond donors (Lipinski definition) is 1. The molecule has 0 saturated carbocycles. The zero-order valence-corrected chi connectivity index (χ0v) is 11.5. The van der Waals surface area contributed by atoms with Gasteiger partial charge in [0.15, 0.2) is 0 Å². The highest BCUT2D eigenvalue weighted by Gasteiger charge is 2.09. The molecule has 2 aromatic rings. The molecule has 1 amide bonds. The molecular weight excluding hydrogens is 287 g/mol. The molecule has 2 rings (SSSR count). The van der Waals surface area contributed by atoms with Crippen molar-refractivity contribution >= 4 is 35.3 Å². The minimum Gasteiger partial charge on any atom is -0.460 e. The van der Waals surface area contributed by atoms with Gasteiger partial charge in [-0.2, -0.15) is 5.10 Å². The summed E-state index contributed by atoms with van der Waals surface area (Å²) >= 11 is 11.7. The van der Waals surface area contributed by atoms with Crippen molar-refractivity contribution < 1.29 is 9.21 Å². The van der Waals surface area contributed by atoms with E-state index in [9.17, 15) is 4.79 Å². The number of aryl methyl sites for hydroxylation is 1. The minimum absolute atomic E-state index is 0.272. The molecule has 4 nitrogen and oxygen atoms in total. The van der Waals surface area contributed by atoms with Crippen LogP contribution in [0.25, 0.3) is 0 Å². The lowest BCUT2D eigenvalue weighted by Gasteiger charge is -2.02. The van der Waals surface area contributed by atoms with Gasteiger partial charge in [-0.25, -0.2) is 5.43 Å². The summed E-state index contributed by atoms with van der Waals surface area (Å²) in [6.45, 7) is 1.82. The van der Waals surface area contributed by atoms with Crippen molar-refractivity contribution in [2.75, 3.05) is 0 Å². The number of carbonyl (C=O) groups is 1. The van der Waals surface area contributed by atoms with E-state index in [-0.39, 0.29) is 5.02 Å². The molecule has 1 heterocycles. The van der Waals surface area contributed by atoms with Crippen LogP contribution in [-0.4, -0.2) is 12.1 Å². The topological polar surface area (TPSA) is 54.6 Å². The van der Waals surface area contributed by atoms with Crippen molar-refractivity contribution in [3.63, 3.8) is 0 Å². The largest absolute Gasteiger partial charge is 0.460 e. The van der Waals surface area contributed by atoms with Crippen LogP contribution in [0.15, 0.2) is 39.9 Å². The maximum absolute atomic E-state index is 11.8. The second-order valence-electron chi connectivity index (χ2n) is 3.77. The van der Waals surface area contributed by atoms with Crippen molar-refractivity contribution in [3.05, 3.63) is 57.5 Å². The highest BCUT2D eigenvalue weighted by molar-refractivity contribution is 6.36. The first-order valence-corrected chi connectivity index (χ1v) is 6.17. The molecule has 0 fully saturated rings. The van der Waals surface area contributed by atoms with Gasteiger partial charge in [-0.05, 0) is 37.3 Å². The summed E-state index contributed by atoms with van der Waals surface area (Å²) in [5.74, 6) is 0.912. The number of hydrazone groups is 1.